The van der Waals surface area contributed by atoms with Gasteiger partial charge in [-0.05, 0) is 49.6 Å². The van der Waals surface area contributed by atoms with Gasteiger partial charge in [-0.25, -0.2) is 13.2 Å². The second kappa shape index (κ2) is 8.32. The first-order valence-electron chi connectivity index (χ1n) is 8.88. The molecule has 0 unspecified atom stereocenters. The molecule has 0 saturated heterocycles. The normalized spacial score (nSPS) is 17.2. The number of benzene rings is 2. The third-order valence-electron chi connectivity index (χ3n) is 4.67. The highest BCUT2D eigenvalue weighted by molar-refractivity contribution is 7.93. The van der Waals surface area contributed by atoms with Crippen molar-refractivity contribution in [2.75, 3.05) is 11.4 Å². The molecule has 1 aliphatic rings. The third kappa shape index (κ3) is 4.20. The fraction of sp³-hybridized carbons (Fsp3) is 0.300. The van der Waals surface area contributed by atoms with Gasteiger partial charge in [0, 0.05) is 13.5 Å². The van der Waals surface area contributed by atoms with E-state index in [-0.39, 0.29) is 21.3 Å². The number of rotatable bonds is 5. The molecule has 1 aliphatic carbocycles. The predicted octanol–water partition coefficient (Wildman–Crippen LogP) is 3.83. The first-order chi connectivity index (χ1) is 13.3. The van der Waals surface area contributed by atoms with Gasteiger partial charge in [0.25, 0.3) is 10.0 Å². The zero-order valence-corrected chi connectivity index (χ0v) is 16.9. The summed E-state index contributed by atoms with van der Waals surface area (Å²) in [6.07, 6.45) is 1.71. The van der Waals surface area contributed by atoms with Gasteiger partial charge in [-0.15, -0.1) is 0 Å². The van der Waals surface area contributed by atoms with Crippen molar-refractivity contribution in [3.63, 3.8) is 0 Å². The lowest BCUT2D eigenvalue weighted by molar-refractivity contribution is -0.129. The molecule has 0 aromatic heterocycles. The SMILES string of the molecule is CN(c1ccccc1)S(=O)(=O)c1cc(C(=O)O[C@H]2CCCCC2=O)ccc1Cl. The van der Waals surface area contributed by atoms with Gasteiger partial charge in [-0.1, -0.05) is 29.8 Å². The average Bonchev–Trinajstić information content (AvgIpc) is 2.70. The summed E-state index contributed by atoms with van der Waals surface area (Å²) in [6.45, 7) is 0. The summed E-state index contributed by atoms with van der Waals surface area (Å²) >= 11 is 6.12. The van der Waals surface area contributed by atoms with Crippen molar-refractivity contribution in [3.8, 4) is 0 Å². The van der Waals surface area contributed by atoms with E-state index in [1.54, 1.807) is 30.3 Å². The number of carbonyl (C=O) groups excluding carboxylic acids is 2. The lowest BCUT2D eigenvalue weighted by Crippen LogP contribution is -2.30. The van der Waals surface area contributed by atoms with E-state index < -0.39 is 22.1 Å². The molecule has 148 valence electrons. The van der Waals surface area contributed by atoms with Crippen LogP contribution in [0, 0.1) is 0 Å². The van der Waals surface area contributed by atoms with Crippen LogP contribution in [-0.4, -0.2) is 33.3 Å². The molecule has 8 heteroatoms. The molecule has 2 aromatic rings. The molecule has 6 nitrogen and oxygen atoms in total. The van der Waals surface area contributed by atoms with Crippen LogP contribution in [0.25, 0.3) is 0 Å². The van der Waals surface area contributed by atoms with Crippen LogP contribution in [0.15, 0.2) is 53.4 Å². The standard InChI is InChI=1S/C20H20ClNO5S/c1-22(15-7-3-2-4-8-15)28(25,26)19-13-14(11-12-16(19)21)20(24)27-18-10-6-5-9-17(18)23/h2-4,7-8,11-13,18H,5-6,9-10H2,1H3/t18-/m0/s1. The lowest BCUT2D eigenvalue weighted by Gasteiger charge is -2.22. The van der Waals surface area contributed by atoms with Gasteiger partial charge in [0.1, 0.15) is 4.90 Å². The second-order valence-electron chi connectivity index (χ2n) is 6.56. The number of nitrogens with zero attached hydrogens (tertiary/aromatic N) is 1. The fourth-order valence-electron chi connectivity index (χ4n) is 3.03. The Morgan fingerprint density at radius 1 is 1.14 bits per heavy atom. The Morgan fingerprint density at radius 2 is 1.86 bits per heavy atom. The Morgan fingerprint density at radius 3 is 2.54 bits per heavy atom. The molecular formula is C20H20ClNO5S. The smallest absolute Gasteiger partial charge is 0.338 e. The summed E-state index contributed by atoms with van der Waals surface area (Å²) < 4.78 is 32.4. The molecule has 0 N–H and O–H groups in total. The van der Waals surface area contributed by atoms with Gasteiger partial charge in [0.2, 0.25) is 0 Å². The largest absolute Gasteiger partial charge is 0.451 e. The maximum absolute atomic E-state index is 13.0. The summed E-state index contributed by atoms with van der Waals surface area (Å²) in [5.41, 5.74) is 0.488. The highest BCUT2D eigenvalue weighted by atomic mass is 35.5. The van der Waals surface area contributed by atoms with Crippen LogP contribution in [0.4, 0.5) is 5.69 Å². The maximum Gasteiger partial charge on any atom is 0.338 e. The zero-order valence-electron chi connectivity index (χ0n) is 15.3. The van der Waals surface area contributed by atoms with Crippen molar-refractivity contribution in [3.05, 3.63) is 59.1 Å². The molecule has 0 heterocycles. The molecular weight excluding hydrogens is 402 g/mol. The van der Waals surface area contributed by atoms with E-state index in [0.29, 0.717) is 18.5 Å². The fourth-order valence-corrected chi connectivity index (χ4v) is 4.72. The minimum atomic E-state index is -4.00. The highest BCUT2D eigenvalue weighted by Crippen LogP contribution is 2.29. The van der Waals surface area contributed by atoms with Crippen LogP contribution in [0.1, 0.15) is 36.0 Å². The molecule has 0 bridgehead atoms. The number of ketones is 1. The number of para-hydroxylation sites is 1. The van der Waals surface area contributed by atoms with E-state index in [1.165, 1.54) is 25.2 Å². The Labute approximate surface area is 169 Å². The first kappa shape index (κ1) is 20.4. The summed E-state index contributed by atoms with van der Waals surface area (Å²) in [5.74, 6) is -0.846. The van der Waals surface area contributed by atoms with E-state index >= 15 is 0 Å². The highest BCUT2D eigenvalue weighted by Gasteiger charge is 2.29. The van der Waals surface area contributed by atoms with Gasteiger partial charge in [-0.3, -0.25) is 9.10 Å². The maximum atomic E-state index is 13.0. The predicted molar refractivity (Wildman–Crippen MR) is 106 cm³/mol. The quantitative estimate of drug-likeness (QED) is 0.685. The van der Waals surface area contributed by atoms with Crippen LogP contribution >= 0.6 is 11.6 Å². The number of hydrogen-bond donors (Lipinski definition) is 0. The Balaban J connectivity index is 1.88. The number of sulfonamides is 1. The topological polar surface area (TPSA) is 80.8 Å². The van der Waals surface area contributed by atoms with E-state index in [1.807, 2.05) is 0 Å². The summed E-state index contributed by atoms with van der Waals surface area (Å²) in [6, 6.07) is 12.4. The van der Waals surface area contributed by atoms with Crippen molar-refractivity contribution in [1.82, 2.24) is 0 Å². The number of anilines is 1. The van der Waals surface area contributed by atoms with E-state index in [4.69, 9.17) is 16.3 Å². The molecule has 0 spiro atoms. The van der Waals surface area contributed by atoms with Crippen molar-refractivity contribution in [2.24, 2.45) is 0 Å². The van der Waals surface area contributed by atoms with E-state index in [2.05, 4.69) is 0 Å². The number of Topliss-reactive ketones (excluding diaryl/α,β-unsaturated/α-hetero) is 1. The molecule has 1 atom stereocenters. The molecule has 0 radical (unpaired) electrons. The number of ether oxygens (including phenoxy) is 1. The number of esters is 1. The van der Waals surface area contributed by atoms with Gasteiger partial charge in [-0.2, -0.15) is 0 Å². The average molecular weight is 422 g/mol. The van der Waals surface area contributed by atoms with Crippen LogP contribution in [-0.2, 0) is 19.6 Å². The van der Waals surface area contributed by atoms with Gasteiger partial charge in [0.05, 0.1) is 16.3 Å². The minimum Gasteiger partial charge on any atom is -0.451 e. The number of hydrogen-bond acceptors (Lipinski definition) is 5. The van der Waals surface area contributed by atoms with Crippen LogP contribution < -0.4 is 4.31 Å². The third-order valence-corrected chi connectivity index (χ3v) is 6.94. The molecule has 2 aromatic carbocycles. The van der Waals surface area contributed by atoms with Crippen LogP contribution in [0.5, 0.6) is 0 Å². The number of halogens is 1. The van der Waals surface area contributed by atoms with Gasteiger partial charge < -0.3 is 4.74 Å². The molecule has 3 rings (SSSR count). The molecule has 1 saturated carbocycles. The van der Waals surface area contributed by atoms with E-state index in [0.717, 1.165) is 17.1 Å². The van der Waals surface area contributed by atoms with Crippen molar-refractivity contribution in [2.45, 2.75) is 36.7 Å². The molecule has 1 fully saturated rings. The van der Waals surface area contributed by atoms with E-state index in [9.17, 15) is 18.0 Å². The lowest BCUT2D eigenvalue weighted by atomic mass is 9.96. The second-order valence-corrected chi connectivity index (χ2v) is 8.90. The summed E-state index contributed by atoms with van der Waals surface area (Å²) in [5, 5.41) is -0.00641. The van der Waals surface area contributed by atoms with Crippen molar-refractivity contribution < 1.29 is 22.7 Å². The summed E-state index contributed by atoms with van der Waals surface area (Å²) in [7, 11) is -2.59. The minimum absolute atomic E-state index is 0.00641. The Kier molecular flexibility index (Phi) is 6.05. The molecule has 28 heavy (non-hydrogen) atoms. The van der Waals surface area contributed by atoms with Crippen molar-refractivity contribution >= 4 is 39.1 Å². The zero-order chi connectivity index (χ0) is 20.3. The first-order valence-corrected chi connectivity index (χ1v) is 10.7. The monoisotopic (exact) mass is 421 g/mol. The Hall–Kier alpha value is -2.38. The van der Waals surface area contributed by atoms with Gasteiger partial charge >= 0.3 is 5.97 Å². The van der Waals surface area contributed by atoms with Gasteiger partial charge in [0.15, 0.2) is 11.9 Å². The van der Waals surface area contributed by atoms with Crippen molar-refractivity contribution in [1.29, 1.82) is 0 Å². The van der Waals surface area contributed by atoms with Crippen LogP contribution in [0.3, 0.4) is 0 Å². The summed E-state index contributed by atoms with van der Waals surface area (Å²) in [4.78, 5) is 24.1. The molecule has 0 aliphatic heterocycles. The van der Waals surface area contributed by atoms with Crippen LogP contribution in [0.2, 0.25) is 5.02 Å². The number of carbonyl (C=O) groups is 2. The Bertz CT molecular complexity index is 991. The molecule has 0 amide bonds.